The highest BCUT2D eigenvalue weighted by Crippen LogP contribution is 2.53. The second-order valence-corrected chi connectivity index (χ2v) is 3.58. The monoisotopic (exact) mass is 187 g/mol. The average Bonchev–Trinajstić information content (AvgIpc) is 2.61. The summed E-state index contributed by atoms with van der Waals surface area (Å²) in [6, 6.07) is 0. The first-order valence-corrected chi connectivity index (χ1v) is 3.88. The lowest BCUT2D eigenvalue weighted by atomic mass is 10.2. The summed E-state index contributed by atoms with van der Waals surface area (Å²) in [5, 5.41) is 16.6. The van der Waals surface area contributed by atoms with Gasteiger partial charge in [-0.1, -0.05) is 0 Å². The van der Waals surface area contributed by atoms with Crippen LogP contribution in [0, 0.1) is 10.1 Å². The third-order valence-electron chi connectivity index (χ3n) is 1.95. The van der Waals surface area contributed by atoms with Gasteiger partial charge in [0.05, 0.1) is 9.80 Å². The van der Waals surface area contributed by atoms with Crippen LogP contribution in [0.3, 0.4) is 0 Å². The molecule has 64 valence electrons. The highest BCUT2D eigenvalue weighted by molar-refractivity contribution is 6.26. The second-order valence-electron chi connectivity index (χ2n) is 2.85. The SMILES string of the molecule is O=[N+]([O-])c1cn[nH]c1C1(Cl)CC1. The number of nitrogens with zero attached hydrogens (tertiary/aromatic N) is 2. The molecule has 0 atom stereocenters. The zero-order valence-electron chi connectivity index (χ0n) is 6.08. The van der Waals surface area contributed by atoms with Gasteiger partial charge in [-0.25, -0.2) is 0 Å². The van der Waals surface area contributed by atoms with Crippen molar-refractivity contribution in [2.45, 2.75) is 17.7 Å². The molecule has 12 heavy (non-hydrogen) atoms. The Balaban J connectivity index is 2.43. The van der Waals surface area contributed by atoms with Gasteiger partial charge in [-0.2, -0.15) is 5.10 Å². The molecule has 0 saturated heterocycles. The van der Waals surface area contributed by atoms with E-state index in [0.717, 1.165) is 12.8 Å². The molecule has 1 aliphatic rings. The van der Waals surface area contributed by atoms with Crippen LogP contribution >= 0.6 is 11.6 Å². The average molecular weight is 188 g/mol. The minimum atomic E-state index is -0.543. The predicted octanol–water partition coefficient (Wildman–Crippen LogP) is 1.55. The summed E-state index contributed by atoms with van der Waals surface area (Å²) in [6.07, 6.45) is 2.74. The molecule has 1 heterocycles. The molecule has 1 aromatic heterocycles. The predicted molar refractivity (Wildman–Crippen MR) is 42.0 cm³/mol. The lowest BCUT2D eigenvalue weighted by molar-refractivity contribution is -0.385. The van der Waals surface area contributed by atoms with Crippen LogP contribution in [0.1, 0.15) is 18.5 Å². The molecule has 0 unspecified atom stereocenters. The van der Waals surface area contributed by atoms with E-state index in [4.69, 9.17) is 11.6 Å². The maximum atomic E-state index is 10.4. The number of alkyl halides is 1. The van der Waals surface area contributed by atoms with Crippen molar-refractivity contribution in [3.63, 3.8) is 0 Å². The molecule has 0 aromatic carbocycles. The fourth-order valence-electron chi connectivity index (χ4n) is 1.11. The van der Waals surface area contributed by atoms with E-state index in [1.54, 1.807) is 0 Å². The van der Waals surface area contributed by atoms with Crippen molar-refractivity contribution in [1.29, 1.82) is 0 Å². The van der Waals surface area contributed by atoms with Crippen molar-refractivity contribution in [2.24, 2.45) is 0 Å². The quantitative estimate of drug-likeness (QED) is 0.434. The van der Waals surface area contributed by atoms with E-state index in [0.29, 0.717) is 5.69 Å². The van der Waals surface area contributed by atoms with Gasteiger partial charge >= 0.3 is 5.69 Å². The number of halogens is 1. The van der Waals surface area contributed by atoms with Crippen LogP contribution in [0.5, 0.6) is 0 Å². The summed E-state index contributed by atoms with van der Waals surface area (Å²) >= 11 is 5.98. The standard InChI is InChI=1S/C6H6ClN3O2/c7-6(1-2-6)5-4(10(11)12)3-8-9-5/h3H,1-2H2,(H,8,9). The first kappa shape index (κ1) is 7.54. The number of nitro groups is 1. The van der Waals surface area contributed by atoms with Crippen LogP contribution in [0.4, 0.5) is 5.69 Å². The Morgan fingerprint density at radius 3 is 2.92 bits per heavy atom. The largest absolute Gasteiger partial charge is 0.311 e. The topological polar surface area (TPSA) is 71.8 Å². The van der Waals surface area contributed by atoms with Crippen molar-refractivity contribution < 1.29 is 4.92 Å². The molecule has 0 radical (unpaired) electrons. The fraction of sp³-hybridized carbons (Fsp3) is 0.500. The molecule has 0 aliphatic heterocycles. The summed E-state index contributed by atoms with van der Waals surface area (Å²) in [4.78, 5) is 9.43. The molecular formula is C6H6ClN3O2. The summed E-state index contributed by atoms with van der Waals surface area (Å²) in [5.74, 6) is 0. The maximum Gasteiger partial charge on any atom is 0.311 e. The van der Waals surface area contributed by atoms with Gasteiger partial charge < -0.3 is 0 Å². The molecule has 1 N–H and O–H groups in total. The normalized spacial score (nSPS) is 19.1. The van der Waals surface area contributed by atoms with E-state index in [9.17, 15) is 10.1 Å². The van der Waals surface area contributed by atoms with Gasteiger partial charge in [-0.15, -0.1) is 11.6 Å². The van der Waals surface area contributed by atoms with Crippen molar-refractivity contribution >= 4 is 17.3 Å². The molecule has 0 spiro atoms. The first-order valence-electron chi connectivity index (χ1n) is 3.51. The molecule has 1 aliphatic carbocycles. The van der Waals surface area contributed by atoms with Crippen LogP contribution < -0.4 is 0 Å². The van der Waals surface area contributed by atoms with E-state index in [1.807, 2.05) is 0 Å². The van der Waals surface area contributed by atoms with Crippen LogP contribution in [0.15, 0.2) is 6.20 Å². The smallest absolute Gasteiger partial charge is 0.274 e. The third kappa shape index (κ3) is 0.972. The first-order chi connectivity index (χ1) is 5.63. The van der Waals surface area contributed by atoms with Crippen LogP contribution in [0.2, 0.25) is 0 Å². The number of hydrogen-bond acceptors (Lipinski definition) is 3. The van der Waals surface area contributed by atoms with E-state index < -0.39 is 9.80 Å². The van der Waals surface area contributed by atoms with Crippen molar-refractivity contribution in [2.75, 3.05) is 0 Å². The number of H-pyrrole nitrogens is 1. The maximum absolute atomic E-state index is 10.4. The fourth-order valence-corrected chi connectivity index (χ4v) is 1.34. The van der Waals surface area contributed by atoms with E-state index >= 15 is 0 Å². The zero-order valence-corrected chi connectivity index (χ0v) is 6.84. The Bertz CT molecular complexity index is 331. The minimum Gasteiger partial charge on any atom is -0.274 e. The highest BCUT2D eigenvalue weighted by atomic mass is 35.5. The second kappa shape index (κ2) is 2.20. The number of rotatable bonds is 2. The van der Waals surface area contributed by atoms with Crippen molar-refractivity contribution in [3.05, 3.63) is 22.0 Å². The number of aromatic amines is 1. The summed E-state index contributed by atoms with van der Waals surface area (Å²) < 4.78 is 0. The Labute approximate surface area is 72.9 Å². The van der Waals surface area contributed by atoms with Gasteiger partial charge in [0.1, 0.15) is 11.9 Å². The van der Waals surface area contributed by atoms with Gasteiger partial charge in [0.2, 0.25) is 0 Å². The highest BCUT2D eigenvalue weighted by Gasteiger charge is 2.48. The lowest BCUT2D eigenvalue weighted by Gasteiger charge is -1.99. The van der Waals surface area contributed by atoms with E-state index in [-0.39, 0.29) is 5.69 Å². The van der Waals surface area contributed by atoms with Crippen molar-refractivity contribution in [3.8, 4) is 0 Å². The van der Waals surface area contributed by atoms with Gasteiger partial charge in [-0.05, 0) is 12.8 Å². The Hall–Kier alpha value is -1.10. The lowest BCUT2D eigenvalue weighted by Crippen LogP contribution is -2.01. The molecule has 2 rings (SSSR count). The molecule has 1 aromatic rings. The van der Waals surface area contributed by atoms with Gasteiger partial charge in [0.25, 0.3) is 0 Å². The Morgan fingerprint density at radius 2 is 2.42 bits per heavy atom. The Kier molecular flexibility index (Phi) is 1.38. The third-order valence-corrected chi connectivity index (χ3v) is 2.52. The van der Waals surface area contributed by atoms with Gasteiger partial charge in [0, 0.05) is 0 Å². The molecule has 1 fully saturated rings. The van der Waals surface area contributed by atoms with Crippen LogP contribution in [-0.2, 0) is 4.87 Å². The number of hydrogen-bond donors (Lipinski definition) is 1. The Morgan fingerprint density at radius 1 is 1.75 bits per heavy atom. The van der Waals surface area contributed by atoms with Gasteiger partial charge in [0.15, 0.2) is 0 Å². The minimum absolute atomic E-state index is 0.0116. The van der Waals surface area contributed by atoms with Gasteiger partial charge in [-0.3, -0.25) is 15.2 Å². The molecule has 0 amide bonds. The zero-order chi connectivity index (χ0) is 8.77. The molecule has 6 heteroatoms. The number of nitrogens with one attached hydrogen (secondary N) is 1. The summed E-state index contributed by atoms with van der Waals surface area (Å²) in [7, 11) is 0. The van der Waals surface area contributed by atoms with Crippen LogP contribution in [-0.4, -0.2) is 15.1 Å². The molecule has 5 nitrogen and oxygen atoms in total. The van der Waals surface area contributed by atoms with E-state index in [1.165, 1.54) is 6.20 Å². The van der Waals surface area contributed by atoms with E-state index in [2.05, 4.69) is 10.2 Å². The molecule has 0 bridgehead atoms. The van der Waals surface area contributed by atoms with Crippen molar-refractivity contribution in [1.82, 2.24) is 10.2 Å². The molecule has 1 saturated carbocycles. The number of aromatic nitrogens is 2. The molecular weight excluding hydrogens is 182 g/mol. The van der Waals surface area contributed by atoms with Crippen LogP contribution in [0.25, 0.3) is 0 Å². The summed E-state index contributed by atoms with van der Waals surface area (Å²) in [5.41, 5.74) is 0.427. The summed E-state index contributed by atoms with van der Waals surface area (Å²) in [6.45, 7) is 0.